The first-order chi connectivity index (χ1) is 12.8. The summed E-state index contributed by atoms with van der Waals surface area (Å²) in [5.74, 6) is 0.620. The average molecular weight is 342 g/mol. The van der Waals surface area contributed by atoms with E-state index in [2.05, 4.69) is 17.2 Å². The van der Waals surface area contributed by atoms with Crippen molar-refractivity contribution in [1.82, 2.24) is 9.78 Å². The lowest BCUT2D eigenvalue weighted by Crippen LogP contribution is -2.06. The Morgan fingerprint density at radius 1 is 0.962 bits per heavy atom. The summed E-state index contributed by atoms with van der Waals surface area (Å²) in [5.41, 5.74) is 3.11. The summed E-state index contributed by atoms with van der Waals surface area (Å²) in [4.78, 5) is 13.0. The fourth-order valence-corrected chi connectivity index (χ4v) is 3.06. The van der Waals surface area contributed by atoms with Gasteiger partial charge in [-0.1, -0.05) is 60.7 Å². The van der Waals surface area contributed by atoms with Gasteiger partial charge < -0.3 is 4.74 Å². The van der Waals surface area contributed by atoms with Crippen LogP contribution in [0.3, 0.4) is 0 Å². The molecule has 4 aromatic rings. The van der Waals surface area contributed by atoms with Crippen molar-refractivity contribution >= 4 is 16.7 Å². The number of hydrogen-bond donors (Lipinski definition) is 0. The number of nitrogens with zero attached hydrogens (tertiary/aromatic N) is 2. The zero-order valence-electron chi connectivity index (χ0n) is 14.4. The first-order valence-corrected chi connectivity index (χ1v) is 8.44. The Kier molecular flexibility index (Phi) is 4.23. The Morgan fingerprint density at radius 2 is 1.65 bits per heavy atom. The van der Waals surface area contributed by atoms with Crippen molar-refractivity contribution in [2.75, 3.05) is 7.11 Å². The molecule has 4 heteroatoms. The second-order valence-electron chi connectivity index (χ2n) is 6.07. The van der Waals surface area contributed by atoms with Crippen LogP contribution in [-0.2, 0) is 6.54 Å². The number of benzene rings is 3. The van der Waals surface area contributed by atoms with Gasteiger partial charge in [0.05, 0.1) is 19.2 Å². The Morgan fingerprint density at radius 3 is 2.35 bits per heavy atom. The third kappa shape index (κ3) is 2.97. The second kappa shape index (κ2) is 6.84. The normalized spacial score (nSPS) is 10.8. The van der Waals surface area contributed by atoms with Crippen LogP contribution < -0.4 is 4.74 Å². The summed E-state index contributed by atoms with van der Waals surface area (Å²) in [7, 11) is 1.62. The molecule has 1 heterocycles. The fourth-order valence-electron chi connectivity index (χ4n) is 3.06. The molecule has 4 nitrogen and oxygen atoms in total. The molecular weight excluding hydrogens is 324 g/mol. The number of hydrogen-bond acceptors (Lipinski definition) is 3. The molecule has 0 saturated heterocycles. The lowest BCUT2D eigenvalue weighted by molar-refractivity contribution is 0.103. The smallest absolute Gasteiger partial charge is 0.213 e. The van der Waals surface area contributed by atoms with Gasteiger partial charge in [-0.05, 0) is 23.8 Å². The Balaban J connectivity index is 1.85. The zero-order valence-corrected chi connectivity index (χ0v) is 14.4. The number of ether oxygens (including phenoxy) is 1. The minimum absolute atomic E-state index is 0.0873. The first kappa shape index (κ1) is 16.1. The van der Waals surface area contributed by atoms with Crippen LogP contribution in [0.2, 0.25) is 0 Å². The molecule has 0 radical (unpaired) electrons. The summed E-state index contributed by atoms with van der Waals surface area (Å²) in [5, 5.41) is 5.45. The Hall–Kier alpha value is -3.40. The highest BCUT2D eigenvalue weighted by atomic mass is 16.5. The van der Waals surface area contributed by atoms with E-state index in [1.165, 1.54) is 0 Å². The van der Waals surface area contributed by atoms with Crippen LogP contribution in [0.5, 0.6) is 5.75 Å². The quantitative estimate of drug-likeness (QED) is 0.507. The molecule has 128 valence electrons. The van der Waals surface area contributed by atoms with Crippen LogP contribution in [0.25, 0.3) is 10.9 Å². The van der Waals surface area contributed by atoms with Crippen LogP contribution >= 0.6 is 0 Å². The van der Waals surface area contributed by atoms with E-state index in [1.54, 1.807) is 7.11 Å². The monoisotopic (exact) mass is 342 g/mol. The Labute approximate surface area is 151 Å². The molecule has 26 heavy (non-hydrogen) atoms. The van der Waals surface area contributed by atoms with E-state index >= 15 is 0 Å². The predicted molar refractivity (Wildman–Crippen MR) is 102 cm³/mol. The third-order valence-corrected chi connectivity index (χ3v) is 4.38. The number of aromatic nitrogens is 2. The molecule has 0 aliphatic carbocycles. The molecule has 0 fully saturated rings. The molecule has 0 aliphatic rings. The molecule has 3 aromatic carbocycles. The Bertz CT molecular complexity index is 1050. The lowest BCUT2D eigenvalue weighted by Gasteiger charge is -2.04. The molecule has 0 N–H and O–H groups in total. The SMILES string of the molecule is COc1ccc2c(c1)c(C(=O)c1ccccc1)nn2Cc1ccccc1. The van der Waals surface area contributed by atoms with Crippen LogP contribution in [0, 0.1) is 0 Å². The van der Waals surface area contributed by atoms with Crippen molar-refractivity contribution in [3.05, 3.63) is 95.7 Å². The van der Waals surface area contributed by atoms with Gasteiger partial charge in [-0.15, -0.1) is 0 Å². The predicted octanol–water partition coefficient (Wildman–Crippen LogP) is 4.32. The molecule has 0 spiro atoms. The van der Waals surface area contributed by atoms with Crippen molar-refractivity contribution in [3.8, 4) is 5.75 Å². The fraction of sp³-hybridized carbons (Fsp3) is 0.0909. The summed E-state index contributed by atoms with van der Waals surface area (Å²) >= 11 is 0. The number of fused-ring (bicyclic) bond motifs is 1. The van der Waals surface area contributed by atoms with Gasteiger partial charge in [0.25, 0.3) is 0 Å². The molecule has 4 rings (SSSR count). The highest BCUT2D eigenvalue weighted by molar-refractivity contribution is 6.15. The van der Waals surface area contributed by atoms with E-state index in [-0.39, 0.29) is 5.78 Å². The average Bonchev–Trinajstić information content (AvgIpc) is 3.06. The van der Waals surface area contributed by atoms with Gasteiger partial charge in [0, 0.05) is 10.9 Å². The minimum atomic E-state index is -0.0873. The first-order valence-electron chi connectivity index (χ1n) is 8.44. The van der Waals surface area contributed by atoms with Gasteiger partial charge >= 0.3 is 0 Å². The van der Waals surface area contributed by atoms with Crippen molar-refractivity contribution in [2.24, 2.45) is 0 Å². The summed E-state index contributed by atoms with van der Waals surface area (Å²) in [6.45, 7) is 0.603. The van der Waals surface area contributed by atoms with E-state index in [9.17, 15) is 4.79 Å². The van der Waals surface area contributed by atoms with E-state index in [4.69, 9.17) is 4.74 Å². The van der Waals surface area contributed by atoms with Crippen molar-refractivity contribution in [3.63, 3.8) is 0 Å². The van der Waals surface area contributed by atoms with E-state index in [1.807, 2.05) is 71.4 Å². The largest absolute Gasteiger partial charge is 0.497 e. The van der Waals surface area contributed by atoms with Crippen molar-refractivity contribution in [1.29, 1.82) is 0 Å². The molecule has 0 atom stereocenters. The summed E-state index contributed by atoms with van der Waals surface area (Å²) in [6.07, 6.45) is 0. The van der Waals surface area contributed by atoms with Crippen molar-refractivity contribution in [2.45, 2.75) is 6.54 Å². The molecule has 0 aliphatic heterocycles. The van der Waals surface area contributed by atoms with Gasteiger partial charge in [0.2, 0.25) is 5.78 Å². The zero-order chi connectivity index (χ0) is 17.9. The third-order valence-electron chi connectivity index (χ3n) is 4.38. The van der Waals surface area contributed by atoms with Gasteiger partial charge in [0.1, 0.15) is 11.4 Å². The number of rotatable bonds is 5. The summed E-state index contributed by atoms with van der Waals surface area (Å²) < 4.78 is 7.22. The number of carbonyl (C=O) groups excluding carboxylic acids is 1. The van der Waals surface area contributed by atoms with Crippen LogP contribution in [-0.4, -0.2) is 22.7 Å². The molecule has 0 bridgehead atoms. The van der Waals surface area contributed by atoms with Crippen LogP contribution in [0.4, 0.5) is 0 Å². The van der Waals surface area contributed by atoms with Gasteiger partial charge in [-0.25, -0.2) is 0 Å². The van der Waals surface area contributed by atoms with E-state index in [0.29, 0.717) is 23.6 Å². The maximum atomic E-state index is 13.0. The van der Waals surface area contributed by atoms with Gasteiger partial charge in [-0.3, -0.25) is 9.48 Å². The van der Waals surface area contributed by atoms with Gasteiger partial charge in [0.15, 0.2) is 0 Å². The second-order valence-corrected chi connectivity index (χ2v) is 6.07. The topological polar surface area (TPSA) is 44.1 Å². The van der Waals surface area contributed by atoms with Crippen molar-refractivity contribution < 1.29 is 9.53 Å². The molecular formula is C22H18N2O2. The minimum Gasteiger partial charge on any atom is -0.497 e. The van der Waals surface area contributed by atoms with E-state index in [0.717, 1.165) is 16.5 Å². The molecule has 0 saturated carbocycles. The standard InChI is InChI=1S/C22H18N2O2/c1-26-18-12-13-20-19(14-18)21(22(25)17-10-6-3-7-11-17)23-24(20)15-16-8-4-2-5-9-16/h2-14H,15H2,1H3. The van der Waals surface area contributed by atoms with Crippen LogP contribution in [0.15, 0.2) is 78.9 Å². The number of methoxy groups -OCH3 is 1. The number of carbonyl (C=O) groups is 1. The number of ketones is 1. The maximum Gasteiger partial charge on any atom is 0.213 e. The molecule has 1 aromatic heterocycles. The lowest BCUT2D eigenvalue weighted by atomic mass is 10.1. The molecule has 0 unspecified atom stereocenters. The summed E-state index contributed by atoms with van der Waals surface area (Å²) in [6, 6.07) is 25.0. The highest BCUT2D eigenvalue weighted by Gasteiger charge is 2.19. The van der Waals surface area contributed by atoms with Gasteiger partial charge in [-0.2, -0.15) is 5.10 Å². The highest BCUT2D eigenvalue weighted by Crippen LogP contribution is 2.26. The van der Waals surface area contributed by atoms with Crippen LogP contribution in [0.1, 0.15) is 21.6 Å². The molecule has 0 amide bonds. The maximum absolute atomic E-state index is 13.0. The van der Waals surface area contributed by atoms with E-state index < -0.39 is 0 Å².